The maximum atomic E-state index is 11.9. The van der Waals surface area contributed by atoms with Crippen LogP contribution in [0.25, 0.3) is 10.9 Å². The van der Waals surface area contributed by atoms with Gasteiger partial charge in [-0.15, -0.1) is 10.1 Å². The third-order valence-electron chi connectivity index (χ3n) is 5.11. The molecule has 0 spiro atoms. The van der Waals surface area contributed by atoms with E-state index in [2.05, 4.69) is 15.1 Å². The zero-order chi connectivity index (χ0) is 25.3. The molecule has 1 unspecified atom stereocenters. The van der Waals surface area contributed by atoms with Crippen molar-refractivity contribution in [3.05, 3.63) is 49.8 Å². The Morgan fingerprint density at radius 2 is 2.12 bits per heavy atom. The summed E-state index contributed by atoms with van der Waals surface area (Å²) in [4.78, 5) is 40.6. The SMILES string of the molecule is Cc1cc(OCC(O)C[N+](C)(C)CCNC(=O)CCCO[N+](=O)[O-])c2cc(C#N)c(=O)[nH]c2c1. The fraction of sp³-hybridized carbons (Fsp3) is 0.500. The van der Waals surface area contributed by atoms with Crippen LogP contribution >= 0.6 is 0 Å². The van der Waals surface area contributed by atoms with E-state index in [1.54, 1.807) is 12.1 Å². The van der Waals surface area contributed by atoms with Gasteiger partial charge in [-0.2, -0.15) is 5.26 Å². The van der Waals surface area contributed by atoms with Gasteiger partial charge in [0.1, 0.15) is 36.6 Å². The number of aromatic nitrogens is 1. The molecule has 0 radical (unpaired) electrons. The number of ether oxygens (including phenoxy) is 1. The summed E-state index contributed by atoms with van der Waals surface area (Å²) in [6, 6.07) is 6.89. The first kappa shape index (κ1) is 26.6. The van der Waals surface area contributed by atoms with Crippen molar-refractivity contribution < 1.29 is 29.0 Å². The van der Waals surface area contributed by atoms with Crippen LogP contribution in [-0.2, 0) is 9.63 Å². The number of carbonyl (C=O) groups excluding carboxylic acids is 1. The number of fused-ring (bicyclic) bond motifs is 1. The molecule has 0 aliphatic carbocycles. The Morgan fingerprint density at radius 3 is 2.79 bits per heavy atom. The summed E-state index contributed by atoms with van der Waals surface area (Å²) in [5.74, 6) is 0.234. The first-order valence-electron chi connectivity index (χ1n) is 10.8. The number of likely N-dealkylation sites (N-methyl/N-ethyl adjacent to an activating group) is 1. The number of nitriles is 1. The highest BCUT2D eigenvalue weighted by Gasteiger charge is 2.21. The van der Waals surface area contributed by atoms with E-state index in [4.69, 9.17) is 10.00 Å². The van der Waals surface area contributed by atoms with Crippen molar-refractivity contribution in [2.75, 3.05) is 46.9 Å². The highest BCUT2D eigenvalue weighted by Crippen LogP contribution is 2.26. The van der Waals surface area contributed by atoms with Gasteiger partial charge in [-0.1, -0.05) is 0 Å². The van der Waals surface area contributed by atoms with Crippen LogP contribution in [0.5, 0.6) is 5.75 Å². The quantitative estimate of drug-likeness (QED) is 0.164. The smallest absolute Gasteiger partial charge is 0.294 e. The van der Waals surface area contributed by atoms with E-state index in [-0.39, 0.29) is 37.5 Å². The van der Waals surface area contributed by atoms with E-state index >= 15 is 0 Å². The summed E-state index contributed by atoms with van der Waals surface area (Å²) in [6.07, 6.45) is -0.432. The summed E-state index contributed by atoms with van der Waals surface area (Å²) in [7, 11) is 3.82. The number of H-pyrrole nitrogens is 1. The molecular weight excluding hydrogens is 446 g/mol. The largest absolute Gasteiger partial charge is 0.490 e. The normalized spacial score (nSPS) is 12.1. The fourth-order valence-corrected chi connectivity index (χ4v) is 3.48. The minimum Gasteiger partial charge on any atom is -0.490 e. The van der Waals surface area contributed by atoms with Crippen LogP contribution in [0.15, 0.2) is 23.0 Å². The van der Waals surface area contributed by atoms with Crippen LogP contribution in [0.1, 0.15) is 24.0 Å². The lowest BCUT2D eigenvalue weighted by atomic mass is 10.1. The van der Waals surface area contributed by atoms with Crippen molar-refractivity contribution in [1.82, 2.24) is 10.3 Å². The summed E-state index contributed by atoms with van der Waals surface area (Å²) >= 11 is 0. The van der Waals surface area contributed by atoms with Gasteiger partial charge < -0.3 is 29.5 Å². The highest BCUT2D eigenvalue weighted by atomic mass is 16.9. The van der Waals surface area contributed by atoms with Gasteiger partial charge in [-0.25, -0.2) is 0 Å². The highest BCUT2D eigenvalue weighted by molar-refractivity contribution is 5.86. The average molecular weight is 477 g/mol. The van der Waals surface area contributed by atoms with Crippen molar-refractivity contribution in [2.24, 2.45) is 0 Å². The second-order valence-corrected chi connectivity index (χ2v) is 8.67. The molecule has 2 aromatic rings. The first-order chi connectivity index (χ1) is 16.0. The molecule has 1 heterocycles. The van der Waals surface area contributed by atoms with Crippen LogP contribution in [0.4, 0.5) is 0 Å². The molecule has 12 nitrogen and oxygen atoms in total. The lowest BCUT2D eigenvalue weighted by molar-refractivity contribution is -0.892. The van der Waals surface area contributed by atoms with Crippen LogP contribution in [-0.4, -0.2) is 78.6 Å². The number of aliphatic hydroxyl groups is 1. The second-order valence-electron chi connectivity index (χ2n) is 8.67. The van der Waals surface area contributed by atoms with Gasteiger partial charge in [0.25, 0.3) is 10.6 Å². The van der Waals surface area contributed by atoms with E-state index in [1.807, 2.05) is 27.1 Å². The van der Waals surface area contributed by atoms with E-state index in [0.29, 0.717) is 40.8 Å². The zero-order valence-electron chi connectivity index (χ0n) is 19.5. The van der Waals surface area contributed by atoms with Gasteiger partial charge in [0.05, 0.1) is 39.3 Å². The molecule has 2 rings (SSSR count). The maximum Gasteiger partial charge on any atom is 0.294 e. The van der Waals surface area contributed by atoms with Crippen LogP contribution in [0.2, 0.25) is 0 Å². The van der Waals surface area contributed by atoms with Crippen LogP contribution in [0, 0.1) is 28.4 Å². The molecule has 1 aromatic heterocycles. The van der Waals surface area contributed by atoms with Gasteiger partial charge in [0.2, 0.25) is 5.91 Å². The number of carbonyl (C=O) groups is 1. The van der Waals surface area contributed by atoms with Gasteiger partial charge in [-0.3, -0.25) is 9.59 Å². The Morgan fingerprint density at radius 1 is 1.38 bits per heavy atom. The molecule has 184 valence electrons. The molecule has 12 heteroatoms. The number of aliphatic hydroxyl groups excluding tert-OH is 1. The number of aromatic amines is 1. The van der Waals surface area contributed by atoms with Gasteiger partial charge in [0.15, 0.2) is 0 Å². The third kappa shape index (κ3) is 8.34. The number of aryl methyl sites for hydroxylation is 1. The van der Waals surface area contributed by atoms with Crippen molar-refractivity contribution >= 4 is 16.8 Å². The number of amides is 1. The van der Waals surface area contributed by atoms with E-state index in [9.17, 15) is 24.8 Å². The Hall–Kier alpha value is -3.69. The molecule has 0 saturated carbocycles. The topological polar surface area (TPSA) is 168 Å². The van der Waals surface area contributed by atoms with Gasteiger partial charge >= 0.3 is 0 Å². The van der Waals surface area contributed by atoms with E-state index in [1.165, 1.54) is 6.07 Å². The van der Waals surface area contributed by atoms with Crippen molar-refractivity contribution in [2.45, 2.75) is 25.9 Å². The molecule has 1 atom stereocenters. The fourth-order valence-electron chi connectivity index (χ4n) is 3.48. The zero-order valence-corrected chi connectivity index (χ0v) is 19.5. The minimum absolute atomic E-state index is 0.00402. The van der Waals surface area contributed by atoms with Gasteiger partial charge in [0, 0.05) is 11.8 Å². The third-order valence-corrected chi connectivity index (χ3v) is 5.11. The molecule has 0 aliphatic heterocycles. The predicted molar refractivity (Wildman–Crippen MR) is 123 cm³/mol. The Kier molecular flexibility index (Phi) is 9.35. The molecule has 0 aliphatic rings. The molecule has 0 fully saturated rings. The number of pyridine rings is 1. The van der Waals surface area contributed by atoms with E-state index in [0.717, 1.165) is 5.56 Å². The molecular formula is C22H30N5O7+. The maximum absolute atomic E-state index is 11.9. The number of nitrogens with one attached hydrogen (secondary N) is 2. The number of hydrogen-bond acceptors (Lipinski definition) is 8. The van der Waals surface area contributed by atoms with Crippen molar-refractivity contribution in [3.8, 4) is 11.8 Å². The summed E-state index contributed by atoms with van der Waals surface area (Å²) < 4.78 is 6.25. The summed E-state index contributed by atoms with van der Waals surface area (Å²) in [5.41, 5.74) is 0.911. The number of quaternary nitrogens is 1. The predicted octanol–water partition coefficient (Wildman–Crippen LogP) is 0.629. The molecule has 3 N–H and O–H groups in total. The Balaban J connectivity index is 1.86. The number of hydrogen-bond donors (Lipinski definition) is 3. The van der Waals surface area contributed by atoms with Crippen LogP contribution < -0.4 is 15.6 Å². The van der Waals surface area contributed by atoms with Crippen LogP contribution in [0.3, 0.4) is 0 Å². The number of nitrogens with zero attached hydrogens (tertiary/aromatic N) is 3. The summed E-state index contributed by atoms with van der Waals surface area (Å²) in [6.45, 7) is 3.01. The Bertz CT molecular complexity index is 1120. The summed E-state index contributed by atoms with van der Waals surface area (Å²) in [5, 5.41) is 32.2. The lowest BCUT2D eigenvalue weighted by Gasteiger charge is -2.32. The lowest BCUT2D eigenvalue weighted by Crippen LogP contribution is -2.50. The molecule has 0 saturated heterocycles. The minimum atomic E-state index is -0.890. The number of rotatable bonds is 13. The number of benzene rings is 1. The molecule has 34 heavy (non-hydrogen) atoms. The molecule has 1 amide bonds. The van der Waals surface area contributed by atoms with Crippen molar-refractivity contribution in [1.29, 1.82) is 5.26 Å². The second kappa shape index (κ2) is 12.0. The Labute approximate surface area is 196 Å². The standard InChI is InChI=1S/C22H29N5O7/c1-15-9-19-18(11-16(12-23)22(30)25-19)20(10-15)33-14-17(28)13-27(2,3)7-6-24-21(29)5-4-8-34-26(31)32/h9-11,17,28H,4-8,13-14H2,1-3H3,(H-,24,25,29,30)/p+1. The average Bonchev–Trinajstić information content (AvgIpc) is 2.73. The molecule has 1 aromatic carbocycles. The first-order valence-corrected chi connectivity index (χ1v) is 10.8. The molecule has 0 bridgehead atoms. The van der Waals surface area contributed by atoms with Crippen molar-refractivity contribution in [3.63, 3.8) is 0 Å². The van der Waals surface area contributed by atoms with Gasteiger partial charge in [-0.05, 0) is 37.1 Å². The van der Waals surface area contributed by atoms with E-state index < -0.39 is 16.7 Å². The monoisotopic (exact) mass is 476 g/mol.